The molecule has 1 aliphatic rings. The maximum absolute atomic E-state index is 12.8. The van der Waals surface area contributed by atoms with Gasteiger partial charge in [-0.05, 0) is 61.9 Å². The molecule has 0 aliphatic carbocycles. The molecule has 2 N–H and O–H groups in total. The topological polar surface area (TPSA) is 100 Å². The number of halogens is 2. The van der Waals surface area contributed by atoms with E-state index < -0.39 is 0 Å². The van der Waals surface area contributed by atoms with E-state index in [1.807, 2.05) is 0 Å². The molecule has 2 aromatic carbocycles. The van der Waals surface area contributed by atoms with E-state index in [0.29, 0.717) is 51.8 Å². The van der Waals surface area contributed by atoms with Crippen molar-refractivity contribution in [3.63, 3.8) is 0 Å². The fraction of sp³-hybridized carbons (Fsp3) is 0.304. The first-order chi connectivity index (χ1) is 15.9. The average Bonchev–Trinajstić information content (AvgIpc) is 3.23. The van der Waals surface area contributed by atoms with Crippen LogP contribution in [0.25, 0.3) is 11.4 Å². The molecular formula is C23H23Cl2N5O3. The Kier molecular flexibility index (Phi) is 7.27. The smallest absolute Gasteiger partial charge is 0.241 e. The summed E-state index contributed by atoms with van der Waals surface area (Å²) >= 11 is 12.2. The molecule has 33 heavy (non-hydrogen) atoms. The van der Waals surface area contributed by atoms with Crippen molar-refractivity contribution in [1.82, 2.24) is 15.0 Å². The summed E-state index contributed by atoms with van der Waals surface area (Å²) in [4.78, 5) is 30.5. The van der Waals surface area contributed by atoms with Gasteiger partial charge in [-0.25, -0.2) is 0 Å². The van der Waals surface area contributed by atoms with Crippen molar-refractivity contribution in [2.75, 3.05) is 23.7 Å². The van der Waals surface area contributed by atoms with E-state index in [4.69, 9.17) is 27.7 Å². The van der Waals surface area contributed by atoms with Gasteiger partial charge < -0.3 is 15.2 Å². The van der Waals surface area contributed by atoms with E-state index in [0.717, 1.165) is 19.4 Å². The first-order valence-corrected chi connectivity index (χ1v) is 11.3. The molecule has 1 fully saturated rings. The van der Waals surface area contributed by atoms with Crippen molar-refractivity contribution in [1.29, 1.82) is 0 Å². The van der Waals surface area contributed by atoms with Crippen LogP contribution in [0.2, 0.25) is 10.0 Å². The van der Waals surface area contributed by atoms with E-state index in [2.05, 4.69) is 25.7 Å². The number of anilines is 2. The van der Waals surface area contributed by atoms with Crippen LogP contribution in [0.4, 0.5) is 11.4 Å². The number of benzene rings is 2. The van der Waals surface area contributed by atoms with Crippen molar-refractivity contribution in [2.24, 2.45) is 5.92 Å². The van der Waals surface area contributed by atoms with Crippen LogP contribution in [0.3, 0.4) is 0 Å². The Labute approximate surface area is 201 Å². The fourth-order valence-electron chi connectivity index (χ4n) is 3.79. The predicted octanol–water partition coefficient (Wildman–Crippen LogP) is 4.85. The van der Waals surface area contributed by atoms with Crippen molar-refractivity contribution >= 4 is 46.4 Å². The van der Waals surface area contributed by atoms with Crippen LogP contribution in [-0.4, -0.2) is 39.9 Å². The molecule has 1 aliphatic heterocycles. The number of nitrogens with one attached hydrogen (secondary N) is 2. The molecule has 172 valence electrons. The normalized spacial score (nSPS) is 16.4. The summed E-state index contributed by atoms with van der Waals surface area (Å²) in [5, 5.41) is 10.7. The van der Waals surface area contributed by atoms with Crippen LogP contribution in [-0.2, 0) is 16.1 Å². The van der Waals surface area contributed by atoms with Gasteiger partial charge in [0, 0.05) is 35.4 Å². The second-order valence-corrected chi connectivity index (χ2v) is 8.80. The first kappa shape index (κ1) is 23.2. The molecule has 0 bridgehead atoms. The highest BCUT2D eigenvalue weighted by Gasteiger charge is 2.27. The lowest BCUT2D eigenvalue weighted by Gasteiger charge is -2.30. The quantitative estimate of drug-likeness (QED) is 0.515. The SMILES string of the molecule is CC(=O)Nc1ccc(NC(=O)C2CCCN(Cc3nc(-c4ccc(Cl)cc4Cl)no3)C2)cc1. The highest BCUT2D eigenvalue weighted by atomic mass is 35.5. The van der Waals surface area contributed by atoms with Gasteiger partial charge in [0.05, 0.1) is 17.5 Å². The summed E-state index contributed by atoms with van der Waals surface area (Å²) < 4.78 is 5.41. The van der Waals surface area contributed by atoms with E-state index in [-0.39, 0.29) is 17.7 Å². The highest BCUT2D eigenvalue weighted by molar-refractivity contribution is 6.36. The predicted molar refractivity (Wildman–Crippen MR) is 127 cm³/mol. The van der Waals surface area contributed by atoms with Gasteiger partial charge in [-0.1, -0.05) is 28.4 Å². The zero-order chi connectivity index (χ0) is 23.4. The Morgan fingerprint density at radius 3 is 2.55 bits per heavy atom. The molecule has 8 nitrogen and oxygen atoms in total. The minimum atomic E-state index is -0.151. The molecule has 0 saturated carbocycles. The number of nitrogens with zero attached hydrogens (tertiary/aromatic N) is 3. The molecule has 2 amide bonds. The summed E-state index contributed by atoms with van der Waals surface area (Å²) in [6.07, 6.45) is 1.70. The maximum Gasteiger partial charge on any atom is 0.241 e. The Balaban J connectivity index is 1.34. The monoisotopic (exact) mass is 487 g/mol. The Morgan fingerprint density at radius 2 is 1.85 bits per heavy atom. The van der Waals surface area contributed by atoms with Crippen molar-refractivity contribution < 1.29 is 14.1 Å². The first-order valence-electron chi connectivity index (χ1n) is 10.6. The number of likely N-dealkylation sites (tertiary alicyclic amines) is 1. The number of piperidine rings is 1. The lowest BCUT2D eigenvalue weighted by Crippen LogP contribution is -2.40. The van der Waals surface area contributed by atoms with Crippen molar-refractivity contribution in [2.45, 2.75) is 26.3 Å². The molecule has 0 spiro atoms. The standard InChI is InChI=1S/C23H23Cl2N5O3/c1-14(31)26-17-5-7-18(8-6-17)27-23(32)15-3-2-10-30(12-15)13-21-28-22(29-33-21)19-9-4-16(24)11-20(19)25/h4-9,11,15H,2-3,10,12-13H2,1H3,(H,26,31)(H,27,32). The fourth-order valence-corrected chi connectivity index (χ4v) is 4.28. The van der Waals surface area contributed by atoms with Crippen molar-refractivity contribution in [3.05, 3.63) is 58.4 Å². The minimum Gasteiger partial charge on any atom is -0.338 e. The summed E-state index contributed by atoms with van der Waals surface area (Å²) in [5.41, 5.74) is 2.02. The van der Waals surface area contributed by atoms with E-state index in [9.17, 15) is 9.59 Å². The number of carbonyl (C=O) groups excluding carboxylic acids is 2. The third-order valence-electron chi connectivity index (χ3n) is 5.35. The van der Waals surface area contributed by atoms with Gasteiger partial charge in [0.2, 0.25) is 23.5 Å². The Bertz CT molecular complexity index is 1150. The largest absolute Gasteiger partial charge is 0.338 e. The lowest BCUT2D eigenvalue weighted by atomic mass is 9.97. The highest BCUT2D eigenvalue weighted by Crippen LogP contribution is 2.29. The van der Waals surface area contributed by atoms with Gasteiger partial charge in [-0.3, -0.25) is 14.5 Å². The summed E-state index contributed by atoms with van der Waals surface area (Å²) in [6.45, 7) is 3.34. The van der Waals surface area contributed by atoms with Gasteiger partial charge in [-0.2, -0.15) is 4.98 Å². The second-order valence-electron chi connectivity index (χ2n) is 7.96. The zero-order valence-electron chi connectivity index (χ0n) is 18.0. The van der Waals surface area contributed by atoms with Crippen LogP contribution >= 0.6 is 23.2 Å². The summed E-state index contributed by atoms with van der Waals surface area (Å²) in [7, 11) is 0. The number of carbonyl (C=O) groups is 2. The molecular weight excluding hydrogens is 465 g/mol. The van der Waals surface area contributed by atoms with Crippen LogP contribution in [0, 0.1) is 5.92 Å². The molecule has 1 saturated heterocycles. The maximum atomic E-state index is 12.8. The number of rotatable bonds is 6. The van der Waals surface area contributed by atoms with Gasteiger partial charge in [0.15, 0.2) is 0 Å². The second kappa shape index (κ2) is 10.3. The Morgan fingerprint density at radius 1 is 1.12 bits per heavy atom. The van der Waals surface area contributed by atoms with Gasteiger partial charge in [-0.15, -0.1) is 0 Å². The van der Waals surface area contributed by atoms with Gasteiger partial charge in [0.25, 0.3) is 0 Å². The van der Waals surface area contributed by atoms with E-state index in [1.54, 1.807) is 42.5 Å². The molecule has 1 unspecified atom stereocenters. The van der Waals surface area contributed by atoms with E-state index >= 15 is 0 Å². The average molecular weight is 488 g/mol. The minimum absolute atomic E-state index is 0.0360. The molecule has 10 heteroatoms. The third kappa shape index (κ3) is 6.10. The molecule has 1 aromatic heterocycles. The number of hydrogen-bond donors (Lipinski definition) is 2. The summed E-state index contributed by atoms with van der Waals surface area (Å²) in [5.74, 6) is 0.540. The van der Waals surface area contributed by atoms with Gasteiger partial charge >= 0.3 is 0 Å². The number of hydrogen-bond acceptors (Lipinski definition) is 6. The van der Waals surface area contributed by atoms with Crippen LogP contribution < -0.4 is 10.6 Å². The van der Waals surface area contributed by atoms with E-state index in [1.165, 1.54) is 6.92 Å². The number of amides is 2. The van der Waals surface area contributed by atoms with Crippen molar-refractivity contribution in [3.8, 4) is 11.4 Å². The number of aromatic nitrogens is 2. The van der Waals surface area contributed by atoms with Crippen LogP contribution in [0.15, 0.2) is 47.0 Å². The third-order valence-corrected chi connectivity index (χ3v) is 5.90. The van der Waals surface area contributed by atoms with Crippen LogP contribution in [0.5, 0.6) is 0 Å². The summed E-state index contributed by atoms with van der Waals surface area (Å²) in [6, 6.07) is 12.2. The molecule has 4 rings (SSSR count). The molecule has 0 radical (unpaired) electrons. The van der Waals surface area contributed by atoms with Crippen LogP contribution in [0.1, 0.15) is 25.7 Å². The molecule has 3 aromatic rings. The Hall–Kier alpha value is -2.94. The lowest BCUT2D eigenvalue weighted by molar-refractivity contribution is -0.121. The molecule has 1 atom stereocenters. The van der Waals surface area contributed by atoms with Gasteiger partial charge in [0.1, 0.15) is 0 Å². The zero-order valence-corrected chi connectivity index (χ0v) is 19.5. The molecule has 2 heterocycles.